The molecule has 0 fully saturated rings. The number of carbonyl (C=O) groups is 2. The van der Waals surface area contributed by atoms with E-state index in [1.807, 2.05) is 0 Å². The molecule has 2 rings (SSSR count). The first kappa shape index (κ1) is 15.4. The van der Waals surface area contributed by atoms with Gasteiger partial charge in [-0.05, 0) is 17.7 Å². The Hall–Kier alpha value is -2.97. The maximum absolute atomic E-state index is 13.0. The van der Waals surface area contributed by atoms with Gasteiger partial charge in [-0.15, -0.1) is 5.10 Å². The summed E-state index contributed by atoms with van der Waals surface area (Å²) in [4.78, 5) is 22.7. The predicted molar refractivity (Wildman–Crippen MR) is 74.3 cm³/mol. The molecule has 8 nitrogen and oxygen atoms in total. The van der Waals surface area contributed by atoms with E-state index in [1.165, 1.54) is 30.1 Å². The van der Waals surface area contributed by atoms with Crippen molar-refractivity contribution in [3.63, 3.8) is 0 Å². The monoisotopic (exact) mass is 307 g/mol. The van der Waals surface area contributed by atoms with Crippen LogP contribution in [0.5, 0.6) is 0 Å². The molecule has 0 saturated heterocycles. The number of halogens is 1. The van der Waals surface area contributed by atoms with E-state index in [0.717, 1.165) is 0 Å². The zero-order valence-electron chi connectivity index (χ0n) is 11.7. The van der Waals surface area contributed by atoms with Crippen LogP contribution < -0.4 is 10.6 Å². The first-order chi connectivity index (χ1) is 10.6. The van der Waals surface area contributed by atoms with Gasteiger partial charge in [0.15, 0.2) is 5.82 Å². The second-order valence-corrected chi connectivity index (χ2v) is 4.32. The Morgan fingerprint density at radius 1 is 1.41 bits per heavy atom. The van der Waals surface area contributed by atoms with E-state index < -0.39 is 6.09 Å². The average Bonchev–Trinajstić information content (AvgIpc) is 2.92. The van der Waals surface area contributed by atoms with Gasteiger partial charge >= 0.3 is 6.09 Å². The normalized spacial score (nSPS) is 10.1. The first-order valence-electron chi connectivity index (χ1n) is 6.33. The Kier molecular flexibility index (Phi) is 5.02. The van der Waals surface area contributed by atoms with Gasteiger partial charge in [-0.3, -0.25) is 10.1 Å². The fourth-order valence-electron chi connectivity index (χ4n) is 1.64. The van der Waals surface area contributed by atoms with Crippen LogP contribution in [0.4, 0.5) is 15.0 Å². The molecule has 0 aliphatic heterocycles. The number of nitrogens with one attached hydrogen (secondary N) is 2. The second-order valence-electron chi connectivity index (χ2n) is 4.32. The fourth-order valence-corrected chi connectivity index (χ4v) is 1.64. The van der Waals surface area contributed by atoms with Gasteiger partial charge in [-0.2, -0.15) is 0 Å². The van der Waals surface area contributed by atoms with Crippen molar-refractivity contribution in [2.45, 2.75) is 13.1 Å². The summed E-state index contributed by atoms with van der Waals surface area (Å²) in [5, 5.41) is 12.3. The number of carbonyl (C=O) groups excluding carboxylic acids is 2. The molecule has 0 atom stereocenters. The molecule has 0 spiro atoms. The number of amides is 2. The first-order valence-corrected chi connectivity index (χ1v) is 6.33. The quantitative estimate of drug-likeness (QED) is 0.855. The van der Waals surface area contributed by atoms with Gasteiger partial charge in [0.05, 0.1) is 13.3 Å². The largest absolute Gasteiger partial charge is 0.453 e. The average molecular weight is 307 g/mol. The lowest BCUT2D eigenvalue weighted by Gasteiger charge is -2.05. The highest BCUT2D eigenvalue weighted by molar-refractivity contribution is 5.82. The SMILES string of the molecule is COC(=O)Nc1cn(CC(=O)NCc2cccc(F)c2)nn1. The summed E-state index contributed by atoms with van der Waals surface area (Å²) >= 11 is 0. The molecule has 1 aromatic carbocycles. The highest BCUT2D eigenvalue weighted by Gasteiger charge is 2.08. The zero-order chi connectivity index (χ0) is 15.9. The third-order valence-electron chi connectivity index (χ3n) is 2.64. The standard InChI is InChI=1S/C13H14FN5O3/c1-22-13(21)16-11-7-19(18-17-11)8-12(20)15-6-9-3-2-4-10(14)5-9/h2-5,7H,6,8H2,1H3,(H,15,20)(H,16,21). The van der Waals surface area contributed by atoms with Crippen molar-refractivity contribution >= 4 is 17.8 Å². The van der Waals surface area contributed by atoms with Crippen molar-refractivity contribution in [3.8, 4) is 0 Å². The fraction of sp³-hybridized carbons (Fsp3) is 0.231. The molecule has 22 heavy (non-hydrogen) atoms. The molecule has 1 aromatic heterocycles. The van der Waals surface area contributed by atoms with E-state index in [1.54, 1.807) is 12.1 Å². The van der Waals surface area contributed by atoms with E-state index in [0.29, 0.717) is 5.56 Å². The van der Waals surface area contributed by atoms with Gasteiger partial charge in [0.25, 0.3) is 0 Å². The number of rotatable bonds is 5. The summed E-state index contributed by atoms with van der Waals surface area (Å²) < 4.78 is 18.7. The number of methoxy groups -OCH3 is 1. The summed E-state index contributed by atoms with van der Waals surface area (Å²) in [5.41, 5.74) is 0.653. The van der Waals surface area contributed by atoms with Crippen molar-refractivity contribution in [1.29, 1.82) is 0 Å². The summed E-state index contributed by atoms with van der Waals surface area (Å²) in [5.74, 6) is -0.509. The van der Waals surface area contributed by atoms with Crippen LogP contribution in [0, 0.1) is 5.82 Å². The van der Waals surface area contributed by atoms with Crippen LogP contribution in [0.1, 0.15) is 5.56 Å². The Morgan fingerprint density at radius 2 is 2.23 bits per heavy atom. The van der Waals surface area contributed by atoms with Crippen LogP contribution in [0.25, 0.3) is 0 Å². The molecule has 0 aliphatic rings. The van der Waals surface area contributed by atoms with Crippen molar-refractivity contribution < 1.29 is 18.7 Å². The Balaban J connectivity index is 1.83. The molecule has 2 aromatic rings. The number of anilines is 1. The number of hydrogen-bond donors (Lipinski definition) is 2. The Labute approximate surface area is 125 Å². The van der Waals surface area contributed by atoms with Gasteiger partial charge in [0.1, 0.15) is 12.4 Å². The predicted octanol–water partition coefficient (Wildman–Crippen LogP) is 0.912. The van der Waals surface area contributed by atoms with Crippen LogP contribution in [0.3, 0.4) is 0 Å². The van der Waals surface area contributed by atoms with Gasteiger partial charge in [-0.1, -0.05) is 17.3 Å². The molecule has 2 amide bonds. The highest BCUT2D eigenvalue weighted by Crippen LogP contribution is 2.03. The molecule has 0 aliphatic carbocycles. The van der Waals surface area contributed by atoms with E-state index in [-0.39, 0.29) is 30.6 Å². The highest BCUT2D eigenvalue weighted by atomic mass is 19.1. The van der Waals surface area contributed by atoms with E-state index in [2.05, 4.69) is 25.7 Å². The number of ether oxygens (including phenoxy) is 1. The number of aromatic nitrogens is 3. The minimum absolute atomic E-state index is 0.0782. The minimum atomic E-state index is -0.678. The third-order valence-corrected chi connectivity index (χ3v) is 2.64. The summed E-state index contributed by atoms with van der Waals surface area (Å²) in [7, 11) is 1.22. The molecular formula is C13H14FN5O3. The lowest BCUT2D eigenvalue weighted by Crippen LogP contribution is -2.27. The van der Waals surface area contributed by atoms with Gasteiger partial charge in [0, 0.05) is 6.54 Å². The molecule has 0 radical (unpaired) electrons. The summed E-state index contributed by atoms with van der Waals surface area (Å²) in [6, 6.07) is 5.95. The molecule has 2 N–H and O–H groups in total. The maximum atomic E-state index is 13.0. The third kappa shape index (κ3) is 4.54. The van der Waals surface area contributed by atoms with Crippen molar-refractivity contribution in [1.82, 2.24) is 20.3 Å². The Bertz CT molecular complexity index is 673. The molecule has 0 unspecified atom stereocenters. The maximum Gasteiger partial charge on any atom is 0.412 e. The van der Waals surface area contributed by atoms with Crippen LogP contribution in [-0.2, 0) is 22.6 Å². The summed E-state index contributed by atoms with van der Waals surface area (Å²) in [6.45, 7) is 0.129. The minimum Gasteiger partial charge on any atom is -0.453 e. The topological polar surface area (TPSA) is 98.1 Å². The van der Waals surface area contributed by atoms with Crippen molar-refractivity contribution in [2.24, 2.45) is 0 Å². The van der Waals surface area contributed by atoms with Crippen LogP contribution in [0.2, 0.25) is 0 Å². The van der Waals surface area contributed by atoms with Crippen LogP contribution >= 0.6 is 0 Å². The molecule has 0 saturated carbocycles. The molecule has 0 bridgehead atoms. The molecule has 9 heteroatoms. The molecule has 1 heterocycles. The lowest BCUT2D eigenvalue weighted by molar-refractivity contribution is -0.122. The zero-order valence-corrected chi connectivity index (χ0v) is 11.7. The smallest absolute Gasteiger partial charge is 0.412 e. The summed E-state index contributed by atoms with van der Waals surface area (Å²) in [6.07, 6.45) is 0.709. The number of benzene rings is 1. The number of nitrogens with zero attached hydrogens (tertiary/aromatic N) is 3. The Morgan fingerprint density at radius 3 is 2.95 bits per heavy atom. The molecular weight excluding hydrogens is 293 g/mol. The second kappa shape index (κ2) is 7.16. The van der Waals surface area contributed by atoms with Crippen molar-refractivity contribution in [2.75, 3.05) is 12.4 Å². The van der Waals surface area contributed by atoms with E-state index >= 15 is 0 Å². The van der Waals surface area contributed by atoms with E-state index in [4.69, 9.17) is 0 Å². The lowest BCUT2D eigenvalue weighted by atomic mass is 10.2. The van der Waals surface area contributed by atoms with Gasteiger partial charge in [-0.25, -0.2) is 13.9 Å². The van der Waals surface area contributed by atoms with Crippen molar-refractivity contribution in [3.05, 3.63) is 41.8 Å². The van der Waals surface area contributed by atoms with Gasteiger partial charge in [0.2, 0.25) is 5.91 Å². The van der Waals surface area contributed by atoms with Crippen LogP contribution in [0.15, 0.2) is 30.5 Å². The van der Waals surface area contributed by atoms with E-state index in [9.17, 15) is 14.0 Å². The van der Waals surface area contributed by atoms with Crippen LogP contribution in [-0.4, -0.2) is 34.1 Å². The molecule has 116 valence electrons. The van der Waals surface area contributed by atoms with Gasteiger partial charge < -0.3 is 10.1 Å². The number of hydrogen-bond acceptors (Lipinski definition) is 5.